The lowest BCUT2D eigenvalue weighted by Crippen LogP contribution is -2.15. The molecule has 3 N–H and O–H groups in total. The maximum absolute atomic E-state index is 12.4. The number of hydrogen-bond donors (Lipinski definition) is 2. The summed E-state index contributed by atoms with van der Waals surface area (Å²) < 4.78 is 1.48. The van der Waals surface area contributed by atoms with Gasteiger partial charge >= 0.3 is 0 Å². The minimum atomic E-state index is -0.131. The Balaban J connectivity index is 2.33. The quantitative estimate of drug-likeness (QED) is 0.743. The smallest absolute Gasteiger partial charge is 0.255 e. The van der Waals surface area contributed by atoms with Gasteiger partial charge in [0.15, 0.2) is 0 Å². The molecule has 0 aliphatic rings. The largest absolute Gasteiger partial charge is 0.399 e. The van der Waals surface area contributed by atoms with Gasteiger partial charge < -0.3 is 11.1 Å². The van der Waals surface area contributed by atoms with Crippen molar-refractivity contribution in [2.24, 2.45) is 0 Å². The summed E-state index contributed by atoms with van der Waals surface area (Å²) in [6.45, 7) is 2.03. The van der Waals surface area contributed by atoms with Crippen LogP contribution in [0.3, 0.4) is 0 Å². The molecule has 104 valence electrons. The monoisotopic (exact) mass is 396 g/mol. The zero-order valence-corrected chi connectivity index (χ0v) is 14.1. The summed E-state index contributed by atoms with van der Waals surface area (Å²) in [6, 6.07) is 11.1. The molecule has 0 spiro atoms. The van der Waals surface area contributed by atoms with Crippen LogP contribution in [-0.2, 0) is 6.42 Å². The zero-order valence-electron chi connectivity index (χ0n) is 10.9. The number of carbonyl (C=O) groups excluding carboxylic acids is 1. The minimum Gasteiger partial charge on any atom is -0.399 e. The first-order valence-corrected chi connectivity index (χ1v) is 7.75. The second-order valence-electron chi connectivity index (χ2n) is 4.32. The van der Waals surface area contributed by atoms with Gasteiger partial charge in [-0.3, -0.25) is 4.79 Å². The first-order valence-electron chi connectivity index (χ1n) is 6.16. The molecule has 2 aromatic carbocycles. The standard InChI is InChI=1S/C15H14Br2N2O/c1-2-9-5-3-4-6-11(9)15(20)19-14-12(16)7-10(18)8-13(14)17/h3-8H,2,18H2,1H3,(H,19,20). The molecule has 0 aromatic heterocycles. The van der Waals surface area contributed by atoms with Gasteiger partial charge in [-0.2, -0.15) is 0 Å². The van der Waals surface area contributed by atoms with Gasteiger partial charge in [0, 0.05) is 20.2 Å². The molecule has 2 aromatic rings. The molecule has 20 heavy (non-hydrogen) atoms. The normalized spacial score (nSPS) is 10.3. The van der Waals surface area contributed by atoms with Crippen molar-refractivity contribution in [3.63, 3.8) is 0 Å². The Morgan fingerprint density at radius 2 is 1.80 bits per heavy atom. The second kappa shape index (κ2) is 6.41. The van der Waals surface area contributed by atoms with Gasteiger partial charge in [0.2, 0.25) is 0 Å². The van der Waals surface area contributed by atoms with E-state index in [9.17, 15) is 4.79 Å². The Kier molecular flexibility index (Phi) is 4.83. The van der Waals surface area contributed by atoms with Crippen molar-refractivity contribution in [3.05, 3.63) is 56.5 Å². The molecule has 0 unspecified atom stereocenters. The topological polar surface area (TPSA) is 55.1 Å². The summed E-state index contributed by atoms with van der Waals surface area (Å²) in [5.41, 5.74) is 8.75. The SMILES string of the molecule is CCc1ccccc1C(=O)Nc1c(Br)cc(N)cc1Br. The van der Waals surface area contributed by atoms with E-state index in [0.717, 1.165) is 20.9 Å². The number of benzene rings is 2. The van der Waals surface area contributed by atoms with Crippen LogP contribution in [-0.4, -0.2) is 5.91 Å². The molecule has 0 fully saturated rings. The molecule has 0 saturated carbocycles. The predicted octanol–water partition coefficient (Wildman–Crippen LogP) is 4.61. The number of anilines is 2. The van der Waals surface area contributed by atoms with E-state index in [0.29, 0.717) is 16.9 Å². The van der Waals surface area contributed by atoms with E-state index in [1.165, 1.54) is 0 Å². The van der Waals surface area contributed by atoms with Crippen LogP contribution < -0.4 is 11.1 Å². The summed E-state index contributed by atoms with van der Waals surface area (Å²) in [6.07, 6.45) is 0.813. The van der Waals surface area contributed by atoms with Crippen molar-refractivity contribution in [2.75, 3.05) is 11.1 Å². The Morgan fingerprint density at radius 3 is 2.40 bits per heavy atom. The van der Waals surface area contributed by atoms with Gasteiger partial charge in [0.05, 0.1) is 5.69 Å². The van der Waals surface area contributed by atoms with E-state index in [2.05, 4.69) is 37.2 Å². The number of carbonyl (C=O) groups is 1. The molecular formula is C15H14Br2N2O. The van der Waals surface area contributed by atoms with E-state index in [4.69, 9.17) is 5.73 Å². The van der Waals surface area contributed by atoms with Crippen LogP contribution in [0.2, 0.25) is 0 Å². The van der Waals surface area contributed by atoms with Crippen molar-refractivity contribution in [1.29, 1.82) is 0 Å². The van der Waals surface area contributed by atoms with Crippen molar-refractivity contribution >= 4 is 49.1 Å². The summed E-state index contributed by atoms with van der Waals surface area (Å²) in [7, 11) is 0. The molecule has 2 rings (SSSR count). The Labute approximate surface area is 134 Å². The van der Waals surface area contributed by atoms with Crippen LogP contribution >= 0.6 is 31.9 Å². The van der Waals surface area contributed by atoms with Crippen molar-refractivity contribution in [2.45, 2.75) is 13.3 Å². The number of nitrogen functional groups attached to an aromatic ring is 1. The van der Waals surface area contributed by atoms with Gasteiger partial charge in [-0.25, -0.2) is 0 Å². The summed E-state index contributed by atoms with van der Waals surface area (Å²) in [5.74, 6) is -0.131. The van der Waals surface area contributed by atoms with E-state index >= 15 is 0 Å². The van der Waals surface area contributed by atoms with Gasteiger partial charge in [-0.1, -0.05) is 25.1 Å². The average Bonchev–Trinajstić information content (AvgIpc) is 2.42. The molecule has 0 aliphatic carbocycles. The lowest BCUT2D eigenvalue weighted by molar-refractivity contribution is 0.102. The first kappa shape index (κ1) is 15.1. The minimum absolute atomic E-state index is 0.131. The molecule has 0 bridgehead atoms. The number of halogens is 2. The Bertz CT molecular complexity index is 633. The maximum Gasteiger partial charge on any atom is 0.255 e. The third-order valence-electron chi connectivity index (χ3n) is 2.95. The van der Waals surface area contributed by atoms with Crippen molar-refractivity contribution in [3.8, 4) is 0 Å². The van der Waals surface area contributed by atoms with E-state index in [-0.39, 0.29) is 5.91 Å². The van der Waals surface area contributed by atoms with Crippen LogP contribution in [0.1, 0.15) is 22.8 Å². The van der Waals surface area contributed by atoms with E-state index < -0.39 is 0 Å². The number of rotatable bonds is 3. The Hall–Kier alpha value is -1.33. The molecule has 1 amide bonds. The fourth-order valence-electron chi connectivity index (χ4n) is 1.94. The lowest BCUT2D eigenvalue weighted by atomic mass is 10.0. The lowest BCUT2D eigenvalue weighted by Gasteiger charge is -2.12. The summed E-state index contributed by atoms with van der Waals surface area (Å²) in [4.78, 5) is 12.4. The highest BCUT2D eigenvalue weighted by atomic mass is 79.9. The second-order valence-corrected chi connectivity index (χ2v) is 6.03. The summed E-state index contributed by atoms with van der Waals surface area (Å²) >= 11 is 6.82. The summed E-state index contributed by atoms with van der Waals surface area (Å²) in [5, 5.41) is 2.91. The number of nitrogens with one attached hydrogen (secondary N) is 1. The number of amides is 1. The third kappa shape index (κ3) is 3.22. The average molecular weight is 398 g/mol. The fraction of sp³-hybridized carbons (Fsp3) is 0.133. The number of hydrogen-bond acceptors (Lipinski definition) is 2. The van der Waals surface area contributed by atoms with E-state index in [1.54, 1.807) is 12.1 Å². The van der Waals surface area contributed by atoms with Gasteiger partial charge in [0.25, 0.3) is 5.91 Å². The predicted molar refractivity (Wildman–Crippen MR) is 90.0 cm³/mol. The van der Waals surface area contributed by atoms with Gasteiger partial charge in [-0.05, 0) is 62.0 Å². The number of aryl methyl sites for hydroxylation is 1. The Morgan fingerprint density at radius 1 is 1.20 bits per heavy atom. The molecule has 0 aliphatic heterocycles. The number of nitrogens with two attached hydrogens (primary N) is 1. The molecule has 0 saturated heterocycles. The first-order chi connectivity index (χ1) is 9.52. The third-order valence-corrected chi connectivity index (χ3v) is 4.20. The van der Waals surface area contributed by atoms with Crippen molar-refractivity contribution in [1.82, 2.24) is 0 Å². The molecular weight excluding hydrogens is 384 g/mol. The highest BCUT2D eigenvalue weighted by Crippen LogP contribution is 2.33. The van der Waals surface area contributed by atoms with E-state index in [1.807, 2.05) is 31.2 Å². The zero-order chi connectivity index (χ0) is 14.7. The van der Waals surface area contributed by atoms with Crippen LogP contribution in [0.15, 0.2) is 45.3 Å². The van der Waals surface area contributed by atoms with Crippen molar-refractivity contribution < 1.29 is 4.79 Å². The van der Waals surface area contributed by atoms with Crippen LogP contribution in [0.25, 0.3) is 0 Å². The van der Waals surface area contributed by atoms with Crippen LogP contribution in [0, 0.1) is 0 Å². The molecule has 0 heterocycles. The molecule has 0 atom stereocenters. The highest BCUT2D eigenvalue weighted by Gasteiger charge is 2.14. The van der Waals surface area contributed by atoms with Gasteiger partial charge in [0.1, 0.15) is 0 Å². The maximum atomic E-state index is 12.4. The molecule has 0 radical (unpaired) electrons. The van der Waals surface area contributed by atoms with Crippen LogP contribution in [0.5, 0.6) is 0 Å². The molecule has 5 heteroatoms. The highest BCUT2D eigenvalue weighted by molar-refractivity contribution is 9.11. The molecule has 3 nitrogen and oxygen atoms in total. The van der Waals surface area contributed by atoms with Crippen LogP contribution in [0.4, 0.5) is 11.4 Å². The van der Waals surface area contributed by atoms with Gasteiger partial charge in [-0.15, -0.1) is 0 Å². The fourth-order valence-corrected chi connectivity index (χ4v) is 3.36.